The van der Waals surface area contributed by atoms with E-state index >= 15 is 0 Å². The summed E-state index contributed by atoms with van der Waals surface area (Å²) in [5, 5.41) is 14.0. The van der Waals surface area contributed by atoms with E-state index in [0.717, 1.165) is 6.54 Å². The van der Waals surface area contributed by atoms with Crippen molar-refractivity contribution in [3.8, 4) is 0 Å². The number of hydrogen-bond acceptors (Lipinski definition) is 6. The van der Waals surface area contributed by atoms with Crippen LogP contribution in [-0.4, -0.2) is 35.5 Å². The normalized spacial score (nSPS) is 15.9. The van der Waals surface area contributed by atoms with Crippen LogP contribution in [0.4, 0.5) is 17.3 Å². The summed E-state index contributed by atoms with van der Waals surface area (Å²) in [6.45, 7) is 0.807. The summed E-state index contributed by atoms with van der Waals surface area (Å²) in [7, 11) is 3.49. The SMILES string of the molecule is CNc1ncnc(N(C)CC2CCCCC2)c1[N+](=O)[O-]. The third kappa shape index (κ3) is 3.15. The molecular formula is C13H21N5O2. The van der Waals surface area contributed by atoms with E-state index < -0.39 is 4.92 Å². The van der Waals surface area contributed by atoms with Crippen LogP contribution in [-0.2, 0) is 0 Å². The fourth-order valence-electron chi connectivity index (χ4n) is 2.84. The van der Waals surface area contributed by atoms with Crippen LogP contribution in [0.25, 0.3) is 0 Å². The lowest BCUT2D eigenvalue weighted by molar-refractivity contribution is -0.383. The smallest absolute Gasteiger partial charge is 0.353 e. The van der Waals surface area contributed by atoms with Gasteiger partial charge in [0.2, 0.25) is 11.6 Å². The van der Waals surface area contributed by atoms with Crippen molar-refractivity contribution in [3.63, 3.8) is 0 Å². The number of aromatic nitrogens is 2. The molecule has 1 fully saturated rings. The van der Waals surface area contributed by atoms with E-state index in [1.165, 1.54) is 38.4 Å². The number of anilines is 2. The molecule has 0 bridgehead atoms. The van der Waals surface area contributed by atoms with E-state index in [-0.39, 0.29) is 11.5 Å². The van der Waals surface area contributed by atoms with Crippen LogP contribution >= 0.6 is 0 Å². The molecule has 1 N–H and O–H groups in total. The molecule has 1 aliphatic carbocycles. The molecule has 110 valence electrons. The Morgan fingerprint density at radius 3 is 2.70 bits per heavy atom. The van der Waals surface area contributed by atoms with Gasteiger partial charge in [-0.05, 0) is 18.8 Å². The highest BCUT2D eigenvalue weighted by Gasteiger charge is 2.26. The lowest BCUT2D eigenvalue weighted by Gasteiger charge is -2.27. The first-order valence-corrected chi connectivity index (χ1v) is 7.01. The zero-order valence-electron chi connectivity index (χ0n) is 12.0. The Kier molecular flexibility index (Phi) is 4.70. The molecule has 0 spiro atoms. The minimum atomic E-state index is -0.418. The van der Waals surface area contributed by atoms with E-state index in [1.807, 2.05) is 11.9 Å². The topological polar surface area (TPSA) is 84.2 Å². The number of nitrogens with one attached hydrogen (secondary N) is 1. The Balaban J connectivity index is 2.19. The van der Waals surface area contributed by atoms with Crippen molar-refractivity contribution in [2.75, 3.05) is 30.9 Å². The maximum atomic E-state index is 11.3. The Labute approximate surface area is 118 Å². The molecule has 7 heteroatoms. The van der Waals surface area contributed by atoms with Gasteiger partial charge in [0.25, 0.3) is 0 Å². The minimum Gasteiger partial charge on any atom is -0.367 e. The van der Waals surface area contributed by atoms with Crippen molar-refractivity contribution in [2.45, 2.75) is 32.1 Å². The summed E-state index contributed by atoms with van der Waals surface area (Å²) in [5.74, 6) is 1.25. The molecular weight excluding hydrogens is 258 g/mol. The zero-order valence-corrected chi connectivity index (χ0v) is 12.0. The largest absolute Gasteiger partial charge is 0.367 e. The molecule has 1 heterocycles. The Hall–Kier alpha value is -1.92. The van der Waals surface area contributed by atoms with Crippen LogP contribution < -0.4 is 10.2 Å². The molecule has 1 aliphatic rings. The summed E-state index contributed by atoms with van der Waals surface area (Å²) in [6, 6.07) is 0. The van der Waals surface area contributed by atoms with Crippen LogP contribution in [0.5, 0.6) is 0 Å². The third-order valence-corrected chi connectivity index (χ3v) is 3.84. The van der Waals surface area contributed by atoms with Crippen LogP contribution in [0.3, 0.4) is 0 Å². The first-order chi connectivity index (χ1) is 9.63. The summed E-state index contributed by atoms with van der Waals surface area (Å²) < 4.78 is 0. The molecule has 1 aromatic rings. The molecule has 2 rings (SSSR count). The first-order valence-electron chi connectivity index (χ1n) is 7.01. The quantitative estimate of drug-likeness (QED) is 0.658. The van der Waals surface area contributed by atoms with Gasteiger partial charge in [-0.2, -0.15) is 0 Å². The summed E-state index contributed by atoms with van der Waals surface area (Å²) in [5.41, 5.74) is -0.0479. The van der Waals surface area contributed by atoms with Gasteiger partial charge in [-0.3, -0.25) is 10.1 Å². The van der Waals surface area contributed by atoms with E-state index in [2.05, 4.69) is 15.3 Å². The molecule has 0 atom stereocenters. The highest BCUT2D eigenvalue weighted by molar-refractivity contribution is 5.69. The number of rotatable bonds is 5. The van der Waals surface area contributed by atoms with E-state index in [4.69, 9.17) is 0 Å². The zero-order chi connectivity index (χ0) is 14.5. The Bertz CT molecular complexity index is 474. The van der Waals surface area contributed by atoms with Gasteiger partial charge >= 0.3 is 5.69 Å². The van der Waals surface area contributed by atoms with Crippen molar-refractivity contribution in [2.24, 2.45) is 5.92 Å². The van der Waals surface area contributed by atoms with Crippen LogP contribution in [0, 0.1) is 16.0 Å². The number of nitro groups is 1. The molecule has 1 aromatic heterocycles. The third-order valence-electron chi connectivity index (χ3n) is 3.84. The minimum absolute atomic E-state index is 0.0479. The molecule has 0 radical (unpaired) electrons. The van der Waals surface area contributed by atoms with E-state index in [1.54, 1.807) is 7.05 Å². The highest BCUT2D eigenvalue weighted by Crippen LogP contribution is 2.32. The fraction of sp³-hybridized carbons (Fsp3) is 0.692. The molecule has 0 aliphatic heterocycles. The van der Waals surface area contributed by atoms with Crippen molar-refractivity contribution >= 4 is 17.3 Å². The van der Waals surface area contributed by atoms with Gasteiger partial charge in [0.15, 0.2) is 0 Å². The average molecular weight is 279 g/mol. The first kappa shape index (κ1) is 14.5. The van der Waals surface area contributed by atoms with Gasteiger partial charge in [0, 0.05) is 20.6 Å². The Morgan fingerprint density at radius 1 is 1.40 bits per heavy atom. The number of hydrogen-bond donors (Lipinski definition) is 1. The van der Waals surface area contributed by atoms with Crippen molar-refractivity contribution in [1.82, 2.24) is 9.97 Å². The fourth-order valence-corrected chi connectivity index (χ4v) is 2.84. The lowest BCUT2D eigenvalue weighted by atomic mass is 9.89. The summed E-state index contributed by atoms with van der Waals surface area (Å²) >= 11 is 0. The van der Waals surface area contributed by atoms with Crippen LogP contribution in [0.1, 0.15) is 32.1 Å². The molecule has 0 saturated heterocycles. The summed E-state index contributed by atoms with van der Waals surface area (Å²) in [6.07, 6.45) is 7.58. The van der Waals surface area contributed by atoms with Gasteiger partial charge < -0.3 is 10.2 Å². The van der Waals surface area contributed by atoms with Gasteiger partial charge in [-0.1, -0.05) is 19.3 Å². The Morgan fingerprint density at radius 2 is 2.10 bits per heavy atom. The van der Waals surface area contributed by atoms with Gasteiger partial charge in [-0.15, -0.1) is 0 Å². The standard InChI is InChI=1S/C13H21N5O2/c1-14-12-11(18(19)20)13(16-9-15-12)17(2)8-10-6-4-3-5-7-10/h9-10H,3-8H2,1-2H3,(H,14,15,16). The highest BCUT2D eigenvalue weighted by atomic mass is 16.6. The average Bonchev–Trinajstić information content (AvgIpc) is 2.47. The second-order valence-electron chi connectivity index (χ2n) is 5.29. The maximum absolute atomic E-state index is 11.3. The van der Waals surface area contributed by atoms with Gasteiger partial charge in [0.05, 0.1) is 4.92 Å². The molecule has 20 heavy (non-hydrogen) atoms. The molecule has 0 aromatic carbocycles. The maximum Gasteiger partial charge on any atom is 0.353 e. The predicted molar refractivity (Wildman–Crippen MR) is 78.1 cm³/mol. The van der Waals surface area contributed by atoms with E-state index in [9.17, 15) is 10.1 Å². The van der Waals surface area contributed by atoms with Crippen molar-refractivity contribution in [3.05, 3.63) is 16.4 Å². The molecule has 7 nitrogen and oxygen atoms in total. The second-order valence-corrected chi connectivity index (χ2v) is 5.29. The molecule has 0 amide bonds. The van der Waals surface area contributed by atoms with E-state index in [0.29, 0.717) is 11.7 Å². The van der Waals surface area contributed by atoms with Crippen molar-refractivity contribution in [1.29, 1.82) is 0 Å². The van der Waals surface area contributed by atoms with Gasteiger partial charge in [0.1, 0.15) is 6.33 Å². The lowest BCUT2D eigenvalue weighted by Crippen LogP contribution is -2.28. The van der Waals surface area contributed by atoms with Crippen molar-refractivity contribution < 1.29 is 4.92 Å². The monoisotopic (exact) mass is 279 g/mol. The van der Waals surface area contributed by atoms with Crippen LogP contribution in [0.2, 0.25) is 0 Å². The van der Waals surface area contributed by atoms with Gasteiger partial charge in [-0.25, -0.2) is 9.97 Å². The molecule has 0 unspecified atom stereocenters. The number of nitrogens with zero attached hydrogens (tertiary/aromatic N) is 4. The van der Waals surface area contributed by atoms with Crippen LogP contribution in [0.15, 0.2) is 6.33 Å². The molecule has 1 saturated carbocycles. The summed E-state index contributed by atoms with van der Waals surface area (Å²) in [4.78, 5) is 20.7. The second kappa shape index (κ2) is 6.49. The predicted octanol–water partition coefficient (Wildman–Crippen LogP) is 2.44.